The van der Waals surface area contributed by atoms with Crippen LogP contribution in [0, 0.1) is 0 Å². The molecule has 1 rings (SSSR count). The standard InChI is InChI=1S/C7H6ClF2NO2/c8-4-3(2-12)1-11-5(6(4)13)7(9)10/h1,7,12-13H,2H2. The summed E-state index contributed by atoms with van der Waals surface area (Å²) in [7, 11) is 0. The number of halogens is 3. The Morgan fingerprint density at radius 1 is 1.54 bits per heavy atom. The molecule has 0 saturated heterocycles. The molecule has 0 bridgehead atoms. The van der Waals surface area contributed by atoms with Gasteiger partial charge in [-0.15, -0.1) is 0 Å². The van der Waals surface area contributed by atoms with E-state index in [1.807, 2.05) is 0 Å². The molecule has 0 unspecified atom stereocenters. The number of pyridine rings is 1. The third kappa shape index (κ3) is 1.87. The molecule has 0 saturated carbocycles. The largest absolute Gasteiger partial charge is 0.504 e. The lowest BCUT2D eigenvalue weighted by atomic mass is 10.2. The van der Waals surface area contributed by atoms with Crippen LogP contribution in [-0.2, 0) is 6.61 Å². The van der Waals surface area contributed by atoms with Crippen LogP contribution < -0.4 is 0 Å². The summed E-state index contributed by atoms with van der Waals surface area (Å²) in [6.07, 6.45) is -1.88. The fourth-order valence-electron chi connectivity index (χ4n) is 0.800. The van der Waals surface area contributed by atoms with Crippen molar-refractivity contribution in [3.63, 3.8) is 0 Å². The normalized spacial score (nSPS) is 10.8. The van der Waals surface area contributed by atoms with Crippen molar-refractivity contribution in [1.29, 1.82) is 0 Å². The third-order valence-electron chi connectivity index (χ3n) is 1.47. The lowest BCUT2D eigenvalue weighted by Gasteiger charge is -2.06. The van der Waals surface area contributed by atoms with Crippen LogP contribution in [0.2, 0.25) is 5.02 Å². The van der Waals surface area contributed by atoms with Crippen LogP contribution in [0.25, 0.3) is 0 Å². The molecular formula is C7H6ClF2NO2. The molecule has 1 aromatic rings. The Morgan fingerprint density at radius 3 is 2.62 bits per heavy atom. The minimum absolute atomic E-state index is 0.114. The van der Waals surface area contributed by atoms with E-state index in [-0.39, 0.29) is 10.6 Å². The molecule has 0 aliphatic heterocycles. The highest BCUT2D eigenvalue weighted by Crippen LogP contribution is 2.34. The van der Waals surface area contributed by atoms with Gasteiger partial charge in [-0.3, -0.25) is 4.98 Å². The molecule has 0 aliphatic rings. The van der Waals surface area contributed by atoms with Gasteiger partial charge in [-0.05, 0) is 0 Å². The minimum atomic E-state index is -2.88. The molecule has 2 N–H and O–H groups in total. The van der Waals surface area contributed by atoms with E-state index in [1.165, 1.54) is 0 Å². The number of aromatic nitrogens is 1. The van der Waals surface area contributed by atoms with Crippen molar-refractivity contribution in [2.45, 2.75) is 13.0 Å². The highest BCUT2D eigenvalue weighted by atomic mass is 35.5. The van der Waals surface area contributed by atoms with Gasteiger partial charge in [0.15, 0.2) is 5.75 Å². The molecule has 0 radical (unpaired) electrons. The minimum Gasteiger partial charge on any atom is -0.504 e. The van der Waals surface area contributed by atoms with Crippen LogP contribution in [0.1, 0.15) is 17.7 Å². The summed E-state index contributed by atoms with van der Waals surface area (Å²) in [5, 5.41) is 17.5. The highest BCUT2D eigenvalue weighted by molar-refractivity contribution is 6.32. The van der Waals surface area contributed by atoms with Crippen molar-refractivity contribution in [3.05, 3.63) is 22.5 Å². The Balaban J connectivity index is 3.23. The molecule has 0 atom stereocenters. The maximum absolute atomic E-state index is 12.1. The summed E-state index contributed by atoms with van der Waals surface area (Å²) in [5.41, 5.74) is -0.661. The van der Waals surface area contributed by atoms with Gasteiger partial charge in [-0.1, -0.05) is 11.6 Å². The first kappa shape index (κ1) is 10.1. The Kier molecular flexibility index (Phi) is 3.00. The van der Waals surface area contributed by atoms with Crippen LogP contribution in [-0.4, -0.2) is 15.2 Å². The van der Waals surface area contributed by atoms with E-state index in [0.29, 0.717) is 0 Å². The zero-order valence-corrected chi connectivity index (χ0v) is 7.09. The van der Waals surface area contributed by atoms with Crippen LogP contribution in [0.15, 0.2) is 6.20 Å². The lowest BCUT2D eigenvalue weighted by molar-refractivity contribution is 0.141. The van der Waals surface area contributed by atoms with Crippen molar-refractivity contribution in [3.8, 4) is 5.75 Å². The molecular weight excluding hydrogens is 204 g/mol. The summed E-state index contributed by atoms with van der Waals surface area (Å²) in [4.78, 5) is 3.26. The Morgan fingerprint density at radius 2 is 2.15 bits per heavy atom. The third-order valence-corrected chi connectivity index (χ3v) is 1.89. The van der Waals surface area contributed by atoms with Crippen molar-refractivity contribution in [2.24, 2.45) is 0 Å². The van der Waals surface area contributed by atoms with Gasteiger partial charge in [0.05, 0.1) is 11.6 Å². The monoisotopic (exact) mass is 209 g/mol. The number of aliphatic hydroxyl groups is 1. The fraction of sp³-hybridized carbons (Fsp3) is 0.286. The van der Waals surface area contributed by atoms with Crippen molar-refractivity contribution >= 4 is 11.6 Å². The van der Waals surface area contributed by atoms with E-state index < -0.39 is 24.5 Å². The molecule has 0 aromatic carbocycles. The molecule has 0 spiro atoms. The van der Waals surface area contributed by atoms with Gasteiger partial charge in [-0.2, -0.15) is 0 Å². The topological polar surface area (TPSA) is 53.4 Å². The van der Waals surface area contributed by atoms with Crippen molar-refractivity contribution < 1.29 is 19.0 Å². The summed E-state index contributed by atoms with van der Waals surface area (Å²) >= 11 is 5.46. The molecule has 0 amide bonds. The summed E-state index contributed by atoms with van der Waals surface area (Å²) in [6.45, 7) is -0.455. The quantitative estimate of drug-likeness (QED) is 0.782. The van der Waals surface area contributed by atoms with E-state index in [9.17, 15) is 8.78 Å². The second-order valence-electron chi connectivity index (χ2n) is 2.29. The zero-order chi connectivity index (χ0) is 10.0. The number of rotatable bonds is 2. The summed E-state index contributed by atoms with van der Waals surface area (Å²) in [6, 6.07) is 0. The Bertz CT molecular complexity index is 320. The van der Waals surface area contributed by atoms with Gasteiger partial charge >= 0.3 is 0 Å². The number of hydrogen-bond acceptors (Lipinski definition) is 3. The molecule has 1 heterocycles. The molecule has 1 aromatic heterocycles. The first-order valence-corrected chi connectivity index (χ1v) is 3.71. The second-order valence-corrected chi connectivity index (χ2v) is 2.67. The molecule has 3 nitrogen and oxygen atoms in total. The van der Waals surface area contributed by atoms with Crippen LogP contribution in [0.4, 0.5) is 8.78 Å². The smallest absolute Gasteiger partial charge is 0.284 e. The van der Waals surface area contributed by atoms with Gasteiger partial charge in [0.1, 0.15) is 5.69 Å². The number of aromatic hydroxyl groups is 1. The van der Waals surface area contributed by atoms with Gasteiger partial charge in [0.2, 0.25) is 0 Å². The first-order chi connectivity index (χ1) is 6.07. The lowest BCUT2D eigenvalue weighted by Crippen LogP contribution is -1.95. The SMILES string of the molecule is OCc1cnc(C(F)F)c(O)c1Cl. The van der Waals surface area contributed by atoms with Gasteiger partial charge < -0.3 is 10.2 Å². The number of alkyl halides is 2. The number of aliphatic hydroxyl groups excluding tert-OH is 1. The van der Waals surface area contributed by atoms with E-state index in [0.717, 1.165) is 6.20 Å². The second kappa shape index (κ2) is 3.85. The highest BCUT2D eigenvalue weighted by Gasteiger charge is 2.18. The summed E-state index contributed by atoms with van der Waals surface area (Å²) in [5.74, 6) is -0.775. The van der Waals surface area contributed by atoms with Gasteiger partial charge in [0.25, 0.3) is 6.43 Å². The molecule has 6 heteroatoms. The van der Waals surface area contributed by atoms with Crippen molar-refractivity contribution in [2.75, 3.05) is 0 Å². The van der Waals surface area contributed by atoms with Gasteiger partial charge in [-0.25, -0.2) is 8.78 Å². The first-order valence-electron chi connectivity index (χ1n) is 3.33. The van der Waals surface area contributed by atoms with Crippen LogP contribution in [0.5, 0.6) is 5.75 Å². The zero-order valence-electron chi connectivity index (χ0n) is 6.34. The predicted octanol–water partition coefficient (Wildman–Crippen LogP) is 1.87. The average molecular weight is 210 g/mol. The molecule has 0 fully saturated rings. The number of nitrogens with zero attached hydrogens (tertiary/aromatic N) is 1. The Hall–Kier alpha value is -0.940. The van der Waals surface area contributed by atoms with E-state index >= 15 is 0 Å². The maximum atomic E-state index is 12.1. The predicted molar refractivity (Wildman–Crippen MR) is 41.8 cm³/mol. The van der Waals surface area contributed by atoms with E-state index in [1.54, 1.807) is 0 Å². The van der Waals surface area contributed by atoms with E-state index in [4.69, 9.17) is 21.8 Å². The van der Waals surface area contributed by atoms with Crippen LogP contribution in [0.3, 0.4) is 0 Å². The number of hydrogen-bond donors (Lipinski definition) is 2. The van der Waals surface area contributed by atoms with Crippen molar-refractivity contribution in [1.82, 2.24) is 4.98 Å². The maximum Gasteiger partial charge on any atom is 0.284 e. The Labute approximate surface area is 77.6 Å². The van der Waals surface area contributed by atoms with Gasteiger partial charge in [0, 0.05) is 11.8 Å². The average Bonchev–Trinajstić information content (AvgIpc) is 2.09. The van der Waals surface area contributed by atoms with E-state index in [2.05, 4.69) is 4.98 Å². The van der Waals surface area contributed by atoms with Crippen LogP contribution >= 0.6 is 11.6 Å². The molecule has 72 valence electrons. The fourth-order valence-corrected chi connectivity index (χ4v) is 1.01. The molecule has 0 aliphatic carbocycles. The molecule has 13 heavy (non-hydrogen) atoms. The summed E-state index contributed by atoms with van der Waals surface area (Å²) < 4.78 is 24.2.